The number of hydrogen-bond acceptors (Lipinski definition) is 8. The molecule has 4 amide bonds. The Bertz CT molecular complexity index is 830. The molecule has 3 unspecified atom stereocenters. The minimum absolute atomic E-state index is 0.0488. The van der Waals surface area contributed by atoms with Crippen molar-refractivity contribution in [1.29, 1.82) is 0 Å². The molecule has 10 N–H and O–H groups in total. The van der Waals surface area contributed by atoms with Crippen LogP contribution in [0.1, 0.15) is 18.4 Å². The first-order valence-electron chi connectivity index (χ1n) is 9.56. The molecule has 0 bridgehead atoms. The molecule has 0 aliphatic heterocycles. The van der Waals surface area contributed by atoms with E-state index in [1.807, 2.05) is 5.32 Å². The molecular formula is C19H27N5O8. The third-order valence-electron chi connectivity index (χ3n) is 4.28. The van der Waals surface area contributed by atoms with Crippen LogP contribution in [0.5, 0.6) is 5.75 Å². The third-order valence-corrected chi connectivity index (χ3v) is 4.28. The fraction of sp³-hybridized carbons (Fsp3) is 0.421. The van der Waals surface area contributed by atoms with Crippen LogP contribution in [0.4, 0.5) is 0 Å². The van der Waals surface area contributed by atoms with Gasteiger partial charge in [-0.15, -0.1) is 0 Å². The number of phenolic OH excluding ortho intramolecular Hbond substituents is 1. The summed E-state index contributed by atoms with van der Waals surface area (Å²) >= 11 is 0. The van der Waals surface area contributed by atoms with Gasteiger partial charge in [0.2, 0.25) is 23.6 Å². The van der Waals surface area contributed by atoms with E-state index in [-0.39, 0.29) is 25.0 Å². The molecule has 0 aromatic heterocycles. The normalized spacial score (nSPS) is 13.3. The molecule has 0 radical (unpaired) electrons. The maximum absolute atomic E-state index is 12.4. The zero-order valence-corrected chi connectivity index (χ0v) is 17.1. The molecule has 0 saturated heterocycles. The number of aliphatic carboxylic acids is 1. The van der Waals surface area contributed by atoms with Crippen molar-refractivity contribution >= 4 is 29.6 Å². The van der Waals surface area contributed by atoms with E-state index in [0.717, 1.165) is 0 Å². The van der Waals surface area contributed by atoms with Crippen LogP contribution in [0.15, 0.2) is 24.3 Å². The Morgan fingerprint density at radius 1 is 0.969 bits per heavy atom. The summed E-state index contributed by atoms with van der Waals surface area (Å²) < 4.78 is 0. The molecule has 0 fully saturated rings. The standard InChI is InChI=1S/C19H27N5O8/c20-12(7-10-1-3-11(26)4-2-10)17(29)24-13(5-6-15(21)27)18(30)22-8-16(28)23-14(9-25)19(31)32/h1-4,12-14,25-26H,5-9,20H2,(H2,21,27)(H,22,30)(H,23,28)(H,24,29)(H,31,32). The zero-order chi connectivity index (χ0) is 24.3. The second-order valence-corrected chi connectivity index (χ2v) is 6.90. The van der Waals surface area contributed by atoms with E-state index in [2.05, 4.69) is 10.6 Å². The number of amides is 4. The van der Waals surface area contributed by atoms with E-state index in [9.17, 15) is 29.1 Å². The van der Waals surface area contributed by atoms with Gasteiger partial charge in [0.15, 0.2) is 0 Å². The van der Waals surface area contributed by atoms with Crippen LogP contribution in [0, 0.1) is 0 Å². The average molecular weight is 453 g/mol. The summed E-state index contributed by atoms with van der Waals surface area (Å²) in [7, 11) is 0. The van der Waals surface area contributed by atoms with Gasteiger partial charge in [-0.1, -0.05) is 12.1 Å². The number of aliphatic hydroxyl groups excluding tert-OH is 1. The Balaban J connectivity index is 2.70. The number of nitrogens with one attached hydrogen (secondary N) is 3. The molecule has 176 valence electrons. The Morgan fingerprint density at radius 2 is 1.59 bits per heavy atom. The van der Waals surface area contributed by atoms with E-state index >= 15 is 0 Å². The second kappa shape index (κ2) is 12.9. The lowest BCUT2D eigenvalue weighted by Gasteiger charge is -2.20. The van der Waals surface area contributed by atoms with Gasteiger partial charge in [0.25, 0.3) is 0 Å². The van der Waals surface area contributed by atoms with Gasteiger partial charge in [-0.25, -0.2) is 4.79 Å². The van der Waals surface area contributed by atoms with Gasteiger partial charge >= 0.3 is 5.97 Å². The Labute approximate surface area is 183 Å². The fourth-order valence-electron chi connectivity index (χ4n) is 2.53. The number of aromatic hydroxyl groups is 1. The number of rotatable bonds is 13. The molecule has 1 aromatic carbocycles. The van der Waals surface area contributed by atoms with E-state index < -0.39 is 60.9 Å². The maximum Gasteiger partial charge on any atom is 0.328 e. The number of carboxylic acids is 1. The molecule has 0 heterocycles. The van der Waals surface area contributed by atoms with Crippen molar-refractivity contribution in [3.63, 3.8) is 0 Å². The Morgan fingerprint density at radius 3 is 2.12 bits per heavy atom. The van der Waals surface area contributed by atoms with Crippen molar-refractivity contribution in [2.24, 2.45) is 11.5 Å². The van der Waals surface area contributed by atoms with E-state index in [1.54, 1.807) is 12.1 Å². The molecule has 1 aromatic rings. The number of phenols is 1. The number of hydrogen-bond donors (Lipinski definition) is 8. The van der Waals surface area contributed by atoms with Crippen LogP contribution in [0.3, 0.4) is 0 Å². The largest absolute Gasteiger partial charge is 0.508 e. The monoisotopic (exact) mass is 453 g/mol. The van der Waals surface area contributed by atoms with Gasteiger partial charge in [-0.2, -0.15) is 0 Å². The lowest BCUT2D eigenvalue weighted by molar-refractivity contribution is -0.142. The van der Waals surface area contributed by atoms with Crippen molar-refractivity contribution in [3.05, 3.63) is 29.8 Å². The Kier molecular flexibility index (Phi) is 10.6. The first-order chi connectivity index (χ1) is 15.0. The summed E-state index contributed by atoms with van der Waals surface area (Å²) in [5, 5.41) is 33.6. The number of benzene rings is 1. The molecule has 13 nitrogen and oxygen atoms in total. The van der Waals surface area contributed by atoms with Crippen LogP contribution >= 0.6 is 0 Å². The van der Waals surface area contributed by atoms with Crippen molar-refractivity contribution in [1.82, 2.24) is 16.0 Å². The van der Waals surface area contributed by atoms with E-state index in [1.165, 1.54) is 12.1 Å². The highest BCUT2D eigenvalue weighted by Gasteiger charge is 2.25. The smallest absolute Gasteiger partial charge is 0.328 e. The molecule has 13 heteroatoms. The van der Waals surface area contributed by atoms with Crippen molar-refractivity contribution in [2.45, 2.75) is 37.4 Å². The van der Waals surface area contributed by atoms with Gasteiger partial charge in [-0.3, -0.25) is 19.2 Å². The van der Waals surface area contributed by atoms with Gasteiger partial charge in [0.1, 0.15) is 17.8 Å². The topological polar surface area (TPSA) is 234 Å². The predicted octanol–water partition coefficient (Wildman–Crippen LogP) is -3.31. The highest BCUT2D eigenvalue weighted by atomic mass is 16.4. The third kappa shape index (κ3) is 9.40. The van der Waals surface area contributed by atoms with Crippen molar-refractivity contribution in [2.75, 3.05) is 13.2 Å². The minimum atomic E-state index is -1.54. The van der Waals surface area contributed by atoms with Crippen LogP contribution in [0.2, 0.25) is 0 Å². The number of aliphatic hydroxyl groups is 1. The number of primary amides is 1. The number of carbonyl (C=O) groups excluding carboxylic acids is 4. The van der Waals surface area contributed by atoms with Crippen LogP contribution in [-0.2, 0) is 30.4 Å². The lowest BCUT2D eigenvalue weighted by Crippen LogP contribution is -2.54. The molecule has 1 rings (SSSR count). The van der Waals surface area contributed by atoms with Crippen LogP contribution in [-0.4, -0.2) is 76.2 Å². The van der Waals surface area contributed by atoms with Gasteiger partial charge in [0, 0.05) is 6.42 Å². The summed E-state index contributed by atoms with van der Waals surface area (Å²) in [4.78, 5) is 58.5. The first kappa shape index (κ1) is 26.3. The van der Waals surface area contributed by atoms with Crippen LogP contribution in [0.25, 0.3) is 0 Å². The zero-order valence-electron chi connectivity index (χ0n) is 17.1. The Hall–Kier alpha value is -3.71. The summed E-state index contributed by atoms with van der Waals surface area (Å²) in [6.45, 7) is -1.48. The lowest BCUT2D eigenvalue weighted by atomic mass is 10.0. The summed E-state index contributed by atoms with van der Waals surface area (Å²) in [6, 6.07) is 2.20. The molecule has 3 atom stereocenters. The molecule has 0 aliphatic rings. The molecule has 0 aliphatic carbocycles. The van der Waals surface area contributed by atoms with Crippen LogP contribution < -0.4 is 27.4 Å². The molecule has 32 heavy (non-hydrogen) atoms. The van der Waals surface area contributed by atoms with Gasteiger partial charge < -0.3 is 42.7 Å². The van der Waals surface area contributed by atoms with E-state index in [0.29, 0.717) is 5.56 Å². The second-order valence-electron chi connectivity index (χ2n) is 6.90. The number of nitrogens with two attached hydrogens (primary N) is 2. The highest BCUT2D eigenvalue weighted by molar-refractivity contribution is 5.93. The maximum atomic E-state index is 12.4. The summed E-state index contributed by atoms with van der Waals surface area (Å²) in [5.41, 5.74) is 11.6. The highest BCUT2D eigenvalue weighted by Crippen LogP contribution is 2.11. The molecule has 0 saturated carbocycles. The van der Waals surface area contributed by atoms with Gasteiger partial charge in [0.05, 0.1) is 19.2 Å². The quantitative estimate of drug-likeness (QED) is 0.149. The molecule has 0 spiro atoms. The average Bonchev–Trinajstić information content (AvgIpc) is 2.74. The van der Waals surface area contributed by atoms with Crippen molar-refractivity contribution < 1.29 is 39.3 Å². The number of carboxylic acid groups (broad SMARTS) is 1. The molecular weight excluding hydrogens is 426 g/mol. The summed E-state index contributed by atoms with van der Waals surface area (Å²) in [6.07, 6.45) is -0.283. The predicted molar refractivity (Wildman–Crippen MR) is 110 cm³/mol. The fourth-order valence-corrected chi connectivity index (χ4v) is 2.53. The van der Waals surface area contributed by atoms with E-state index in [4.69, 9.17) is 21.7 Å². The summed E-state index contributed by atoms with van der Waals surface area (Å²) in [5.74, 6) is -4.52. The SMILES string of the molecule is NC(=O)CCC(NC(=O)C(N)Cc1ccc(O)cc1)C(=O)NCC(=O)NC(CO)C(=O)O. The first-order valence-corrected chi connectivity index (χ1v) is 9.56. The van der Waals surface area contributed by atoms with Gasteiger partial charge in [-0.05, 0) is 30.5 Å². The minimum Gasteiger partial charge on any atom is -0.508 e. The van der Waals surface area contributed by atoms with Crippen molar-refractivity contribution in [3.8, 4) is 5.75 Å². The number of carbonyl (C=O) groups is 5.